The lowest BCUT2D eigenvalue weighted by atomic mass is 10.0. The van der Waals surface area contributed by atoms with Crippen LogP contribution in [-0.4, -0.2) is 60.9 Å². The standard InChI is InChI=1S/C20H26N2O5/c1-12(2)10-15(21-19(24)13-4-6-14(26-3)7-5-13)20(25)22-9-8-17-18(22)16(23)11-27-17/h4-7,12,15,17-18H,8-11H2,1-3H3,(H,21,24). The number of ketones is 1. The molecule has 146 valence electrons. The number of nitrogens with one attached hydrogen (secondary N) is 1. The summed E-state index contributed by atoms with van der Waals surface area (Å²) in [6, 6.07) is 5.54. The first-order chi connectivity index (χ1) is 12.9. The zero-order valence-corrected chi connectivity index (χ0v) is 15.9. The number of ether oxygens (including phenoxy) is 2. The molecule has 0 saturated carbocycles. The highest BCUT2D eigenvalue weighted by molar-refractivity contribution is 5.99. The van der Waals surface area contributed by atoms with E-state index in [0.717, 1.165) is 0 Å². The lowest BCUT2D eigenvalue weighted by molar-refractivity contribution is -0.138. The van der Waals surface area contributed by atoms with Crippen molar-refractivity contribution in [3.8, 4) is 5.75 Å². The minimum absolute atomic E-state index is 0.0596. The maximum Gasteiger partial charge on any atom is 0.251 e. The van der Waals surface area contributed by atoms with Gasteiger partial charge in [0.15, 0.2) is 5.78 Å². The van der Waals surface area contributed by atoms with Gasteiger partial charge < -0.3 is 19.7 Å². The quantitative estimate of drug-likeness (QED) is 0.814. The molecule has 1 aromatic carbocycles. The predicted octanol–water partition coefficient (Wildman–Crippen LogP) is 1.41. The minimum atomic E-state index is -0.674. The van der Waals surface area contributed by atoms with E-state index in [2.05, 4.69) is 5.32 Å². The van der Waals surface area contributed by atoms with Crippen LogP contribution in [0.4, 0.5) is 0 Å². The molecule has 2 amide bonds. The fourth-order valence-electron chi connectivity index (χ4n) is 3.72. The Morgan fingerprint density at radius 2 is 2.00 bits per heavy atom. The van der Waals surface area contributed by atoms with Gasteiger partial charge >= 0.3 is 0 Å². The fourth-order valence-corrected chi connectivity index (χ4v) is 3.72. The van der Waals surface area contributed by atoms with E-state index >= 15 is 0 Å². The van der Waals surface area contributed by atoms with E-state index < -0.39 is 12.1 Å². The van der Waals surface area contributed by atoms with Gasteiger partial charge in [-0.3, -0.25) is 14.4 Å². The molecule has 7 nitrogen and oxygen atoms in total. The van der Waals surface area contributed by atoms with Crippen LogP contribution in [-0.2, 0) is 14.3 Å². The third-order valence-corrected chi connectivity index (χ3v) is 5.06. The first kappa shape index (κ1) is 19.4. The molecule has 0 bridgehead atoms. The van der Waals surface area contributed by atoms with E-state index in [-0.39, 0.29) is 36.2 Å². The van der Waals surface area contributed by atoms with E-state index in [1.807, 2.05) is 13.8 Å². The van der Waals surface area contributed by atoms with Gasteiger partial charge in [0.25, 0.3) is 5.91 Å². The van der Waals surface area contributed by atoms with Crippen LogP contribution in [0.5, 0.6) is 5.75 Å². The van der Waals surface area contributed by atoms with Gasteiger partial charge in [0, 0.05) is 12.1 Å². The maximum absolute atomic E-state index is 13.1. The largest absolute Gasteiger partial charge is 0.497 e. The van der Waals surface area contributed by atoms with Gasteiger partial charge in [-0.15, -0.1) is 0 Å². The van der Waals surface area contributed by atoms with Crippen molar-refractivity contribution in [2.45, 2.75) is 44.9 Å². The number of amides is 2. The van der Waals surface area contributed by atoms with Gasteiger partial charge in [-0.2, -0.15) is 0 Å². The number of hydrogen-bond acceptors (Lipinski definition) is 5. The molecule has 0 aromatic heterocycles. The topological polar surface area (TPSA) is 84.9 Å². The molecule has 2 aliphatic heterocycles. The predicted molar refractivity (Wildman–Crippen MR) is 98.6 cm³/mol. The summed E-state index contributed by atoms with van der Waals surface area (Å²) in [7, 11) is 1.56. The summed E-state index contributed by atoms with van der Waals surface area (Å²) in [5, 5.41) is 2.85. The Labute approximate surface area is 159 Å². The Hall–Kier alpha value is -2.41. The third-order valence-electron chi connectivity index (χ3n) is 5.06. The van der Waals surface area contributed by atoms with E-state index in [1.54, 1.807) is 36.3 Å². The zero-order valence-electron chi connectivity index (χ0n) is 15.9. The molecule has 3 rings (SSSR count). The summed E-state index contributed by atoms with van der Waals surface area (Å²) in [4.78, 5) is 39.4. The monoisotopic (exact) mass is 374 g/mol. The van der Waals surface area contributed by atoms with Gasteiger partial charge in [0.2, 0.25) is 5.91 Å². The number of carbonyl (C=O) groups is 3. The Bertz CT molecular complexity index is 716. The average Bonchev–Trinajstić information content (AvgIpc) is 3.23. The Morgan fingerprint density at radius 3 is 2.63 bits per heavy atom. The lowest BCUT2D eigenvalue weighted by Crippen LogP contribution is -2.52. The first-order valence-corrected chi connectivity index (χ1v) is 9.30. The van der Waals surface area contributed by atoms with Gasteiger partial charge in [-0.05, 0) is 43.0 Å². The van der Waals surface area contributed by atoms with Gasteiger partial charge in [0.1, 0.15) is 24.4 Å². The summed E-state index contributed by atoms with van der Waals surface area (Å²) in [5.41, 5.74) is 0.455. The molecule has 2 aliphatic rings. The molecule has 2 heterocycles. The molecular weight excluding hydrogens is 348 g/mol. The van der Waals surface area contributed by atoms with E-state index in [9.17, 15) is 14.4 Å². The second-order valence-corrected chi connectivity index (χ2v) is 7.47. The molecule has 3 unspecified atom stereocenters. The van der Waals surface area contributed by atoms with Crippen molar-refractivity contribution in [2.75, 3.05) is 20.3 Å². The average molecular weight is 374 g/mol. The number of likely N-dealkylation sites (tertiary alicyclic amines) is 1. The van der Waals surface area contributed by atoms with E-state index in [0.29, 0.717) is 30.7 Å². The number of carbonyl (C=O) groups excluding carboxylic acids is 3. The molecule has 27 heavy (non-hydrogen) atoms. The second-order valence-electron chi connectivity index (χ2n) is 7.47. The number of rotatable bonds is 6. The molecule has 0 spiro atoms. The highest BCUT2D eigenvalue weighted by Gasteiger charge is 2.48. The molecule has 1 aromatic rings. The first-order valence-electron chi connectivity index (χ1n) is 9.30. The van der Waals surface area contributed by atoms with Crippen LogP contribution in [0, 0.1) is 5.92 Å². The molecule has 2 fully saturated rings. The van der Waals surface area contributed by atoms with Crippen molar-refractivity contribution < 1.29 is 23.9 Å². The van der Waals surface area contributed by atoms with Gasteiger partial charge in [0.05, 0.1) is 13.2 Å². The molecule has 1 N–H and O–H groups in total. The van der Waals surface area contributed by atoms with E-state index in [4.69, 9.17) is 9.47 Å². The van der Waals surface area contributed by atoms with E-state index in [1.165, 1.54) is 0 Å². The van der Waals surface area contributed by atoms with Crippen molar-refractivity contribution in [1.82, 2.24) is 10.2 Å². The molecule has 3 atom stereocenters. The summed E-state index contributed by atoms with van der Waals surface area (Å²) in [6.07, 6.45) is 0.950. The number of nitrogens with zero attached hydrogens (tertiary/aromatic N) is 1. The highest BCUT2D eigenvalue weighted by atomic mass is 16.5. The minimum Gasteiger partial charge on any atom is -0.497 e. The van der Waals surface area contributed by atoms with Crippen LogP contribution >= 0.6 is 0 Å². The number of methoxy groups -OCH3 is 1. The molecule has 7 heteroatoms. The highest BCUT2D eigenvalue weighted by Crippen LogP contribution is 2.28. The SMILES string of the molecule is COc1ccc(C(=O)NC(CC(C)C)C(=O)N2CCC3OCC(=O)C32)cc1. The number of hydrogen-bond donors (Lipinski definition) is 1. The smallest absolute Gasteiger partial charge is 0.251 e. The van der Waals surface area contributed by atoms with Gasteiger partial charge in [-0.25, -0.2) is 0 Å². The summed E-state index contributed by atoms with van der Waals surface area (Å²) < 4.78 is 10.6. The van der Waals surface area contributed by atoms with Crippen molar-refractivity contribution >= 4 is 17.6 Å². The number of benzene rings is 1. The van der Waals surface area contributed by atoms with Crippen molar-refractivity contribution in [3.05, 3.63) is 29.8 Å². The summed E-state index contributed by atoms with van der Waals surface area (Å²) in [6.45, 7) is 4.53. The van der Waals surface area contributed by atoms with Crippen LogP contribution in [0.1, 0.15) is 37.0 Å². The zero-order chi connectivity index (χ0) is 19.6. The molecular formula is C20H26N2O5. The van der Waals surface area contributed by atoms with Crippen LogP contribution in [0.25, 0.3) is 0 Å². The second kappa shape index (κ2) is 8.08. The molecule has 0 aliphatic carbocycles. The van der Waals surface area contributed by atoms with Crippen LogP contribution in [0.3, 0.4) is 0 Å². The van der Waals surface area contributed by atoms with Crippen LogP contribution < -0.4 is 10.1 Å². The van der Waals surface area contributed by atoms with Crippen molar-refractivity contribution in [3.63, 3.8) is 0 Å². The summed E-state index contributed by atoms with van der Waals surface area (Å²) in [5.74, 6) is 0.280. The van der Waals surface area contributed by atoms with Crippen molar-refractivity contribution in [2.24, 2.45) is 5.92 Å². The summed E-state index contributed by atoms with van der Waals surface area (Å²) >= 11 is 0. The van der Waals surface area contributed by atoms with Gasteiger partial charge in [-0.1, -0.05) is 13.8 Å². The Balaban J connectivity index is 1.73. The van der Waals surface area contributed by atoms with Crippen LogP contribution in [0.15, 0.2) is 24.3 Å². The maximum atomic E-state index is 13.1. The Kier molecular flexibility index (Phi) is 5.79. The molecule has 0 radical (unpaired) electrons. The van der Waals surface area contributed by atoms with Crippen LogP contribution in [0.2, 0.25) is 0 Å². The third kappa shape index (κ3) is 4.13. The fraction of sp³-hybridized carbons (Fsp3) is 0.550. The Morgan fingerprint density at radius 1 is 1.30 bits per heavy atom. The van der Waals surface area contributed by atoms with Crippen molar-refractivity contribution in [1.29, 1.82) is 0 Å². The lowest BCUT2D eigenvalue weighted by Gasteiger charge is -2.28. The number of Topliss-reactive ketones (excluding diaryl/α,β-unsaturated/α-hetero) is 1. The number of fused-ring (bicyclic) bond motifs is 1. The molecule has 2 saturated heterocycles. The normalized spacial score (nSPS) is 22.7.